The molecule has 0 aliphatic carbocycles. The Balaban J connectivity index is 1.60. The number of sulfonamides is 1. The van der Waals surface area contributed by atoms with Crippen molar-refractivity contribution in [1.29, 1.82) is 0 Å². The SMILES string of the molecule is Cc1nc2ccc(C(=O)NS(=O)(=O)C=Cc3ccccc3)nc2n1Cc1ccc(Cl)cc1Cl. The van der Waals surface area contributed by atoms with E-state index < -0.39 is 15.9 Å². The normalized spacial score (nSPS) is 11.8. The lowest BCUT2D eigenvalue weighted by molar-refractivity contribution is 0.0977. The number of hydrogen-bond donors (Lipinski definition) is 1. The zero-order valence-corrected chi connectivity index (χ0v) is 19.7. The second-order valence-electron chi connectivity index (χ2n) is 7.21. The number of pyridine rings is 1. The van der Waals surface area contributed by atoms with Crippen LogP contribution in [0.15, 0.2) is 66.1 Å². The fourth-order valence-electron chi connectivity index (χ4n) is 3.20. The highest BCUT2D eigenvalue weighted by molar-refractivity contribution is 7.93. The minimum absolute atomic E-state index is 0.0532. The molecule has 1 N–H and O–H groups in total. The lowest BCUT2D eigenvalue weighted by atomic mass is 10.2. The standard InChI is InChI=1S/C23H18Cl2N4O3S/c1-15-26-20-9-10-21(23(30)28-33(31,32)12-11-16-5-3-2-4-6-16)27-22(20)29(15)14-17-7-8-18(24)13-19(17)25/h2-13H,14H2,1H3,(H,28,30). The Hall–Kier alpha value is -3.20. The summed E-state index contributed by atoms with van der Waals surface area (Å²) in [5.74, 6) is -0.177. The van der Waals surface area contributed by atoms with Crippen LogP contribution in [0.25, 0.3) is 17.2 Å². The first-order valence-corrected chi connectivity index (χ1v) is 12.1. The van der Waals surface area contributed by atoms with Crippen LogP contribution < -0.4 is 4.72 Å². The van der Waals surface area contributed by atoms with Crippen molar-refractivity contribution in [2.75, 3.05) is 0 Å². The fraction of sp³-hybridized carbons (Fsp3) is 0.0870. The fourth-order valence-corrected chi connectivity index (χ4v) is 4.43. The molecular weight excluding hydrogens is 483 g/mol. The van der Waals surface area contributed by atoms with Gasteiger partial charge in [0.05, 0.1) is 12.0 Å². The number of amides is 1. The number of aromatic nitrogens is 3. The average Bonchev–Trinajstić information content (AvgIpc) is 3.09. The molecule has 2 aromatic heterocycles. The Morgan fingerprint density at radius 2 is 1.82 bits per heavy atom. The molecule has 2 aromatic carbocycles. The van der Waals surface area contributed by atoms with Gasteiger partial charge in [-0.3, -0.25) is 4.79 Å². The molecule has 0 aliphatic heterocycles. The zero-order valence-electron chi connectivity index (χ0n) is 17.4. The smallest absolute Gasteiger partial charge is 0.283 e. The number of nitrogens with one attached hydrogen (secondary N) is 1. The number of fused-ring (bicyclic) bond motifs is 1. The predicted molar refractivity (Wildman–Crippen MR) is 130 cm³/mol. The quantitative estimate of drug-likeness (QED) is 0.409. The van der Waals surface area contributed by atoms with E-state index in [1.807, 2.05) is 17.7 Å². The lowest BCUT2D eigenvalue weighted by Crippen LogP contribution is -2.29. The predicted octanol–water partition coefficient (Wildman–Crippen LogP) is 4.83. The first kappa shape index (κ1) is 23.0. The van der Waals surface area contributed by atoms with Crippen LogP contribution in [0.2, 0.25) is 10.0 Å². The second-order valence-corrected chi connectivity index (χ2v) is 9.62. The van der Waals surface area contributed by atoms with E-state index in [1.54, 1.807) is 53.1 Å². The van der Waals surface area contributed by atoms with Gasteiger partial charge in [0, 0.05) is 10.0 Å². The number of imidazole rings is 1. The topological polar surface area (TPSA) is 93.9 Å². The van der Waals surface area contributed by atoms with Crippen LogP contribution in [0.4, 0.5) is 0 Å². The molecule has 0 unspecified atom stereocenters. The van der Waals surface area contributed by atoms with Crippen LogP contribution in [0.1, 0.15) is 27.4 Å². The number of benzene rings is 2. The van der Waals surface area contributed by atoms with Crippen molar-refractivity contribution in [2.45, 2.75) is 13.5 Å². The Morgan fingerprint density at radius 3 is 2.55 bits per heavy atom. The molecule has 4 rings (SSSR count). The van der Waals surface area contributed by atoms with Crippen molar-refractivity contribution in [3.63, 3.8) is 0 Å². The van der Waals surface area contributed by atoms with Crippen LogP contribution in [0.5, 0.6) is 0 Å². The van der Waals surface area contributed by atoms with E-state index in [0.29, 0.717) is 39.1 Å². The van der Waals surface area contributed by atoms with Gasteiger partial charge in [0.15, 0.2) is 5.65 Å². The maximum atomic E-state index is 12.6. The van der Waals surface area contributed by atoms with Gasteiger partial charge in [-0.1, -0.05) is 59.6 Å². The van der Waals surface area contributed by atoms with E-state index >= 15 is 0 Å². The van der Waals surface area contributed by atoms with Crippen molar-refractivity contribution in [3.8, 4) is 0 Å². The van der Waals surface area contributed by atoms with Gasteiger partial charge in [-0.2, -0.15) is 0 Å². The minimum Gasteiger partial charge on any atom is -0.308 e. The molecule has 0 spiro atoms. The van der Waals surface area contributed by atoms with Crippen LogP contribution in [-0.4, -0.2) is 28.9 Å². The number of halogens is 2. The molecule has 168 valence electrons. The van der Waals surface area contributed by atoms with Crippen molar-refractivity contribution in [2.24, 2.45) is 0 Å². The molecule has 0 saturated carbocycles. The molecule has 1 amide bonds. The van der Waals surface area contributed by atoms with Gasteiger partial charge < -0.3 is 4.57 Å². The molecule has 10 heteroatoms. The highest BCUT2D eigenvalue weighted by Crippen LogP contribution is 2.24. The van der Waals surface area contributed by atoms with Crippen molar-refractivity contribution in [1.82, 2.24) is 19.3 Å². The van der Waals surface area contributed by atoms with E-state index in [4.69, 9.17) is 23.2 Å². The van der Waals surface area contributed by atoms with Gasteiger partial charge in [-0.25, -0.2) is 23.1 Å². The molecule has 0 aliphatic rings. The van der Waals surface area contributed by atoms with Gasteiger partial charge in [0.1, 0.15) is 17.0 Å². The highest BCUT2D eigenvalue weighted by Gasteiger charge is 2.18. The third kappa shape index (κ3) is 5.42. The van der Waals surface area contributed by atoms with Crippen LogP contribution in [0, 0.1) is 6.92 Å². The molecule has 0 saturated heterocycles. The summed E-state index contributed by atoms with van der Waals surface area (Å²) in [6, 6.07) is 17.1. The second kappa shape index (κ2) is 9.35. The first-order chi connectivity index (χ1) is 15.7. The number of aryl methyl sites for hydroxylation is 1. The summed E-state index contributed by atoms with van der Waals surface area (Å²) < 4.78 is 28.5. The number of carbonyl (C=O) groups excluding carboxylic acids is 1. The molecule has 0 radical (unpaired) electrons. The summed E-state index contributed by atoms with van der Waals surface area (Å²) >= 11 is 12.3. The zero-order chi connectivity index (χ0) is 23.6. The summed E-state index contributed by atoms with van der Waals surface area (Å²) in [6.07, 6.45) is 1.40. The van der Waals surface area contributed by atoms with E-state index in [2.05, 4.69) is 9.97 Å². The maximum absolute atomic E-state index is 12.6. The van der Waals surface area contributed by atoms with E-state index in [1.165, 1.54) is 12.1 Å². The Labute approximate surface area is 200 Å². The molecule has 33 heavy (non-hydrogen) atoms. The molecule has 7 nitrogen and oxygen atoms in total. The summed E-state index contributed by atoms with van der Waals surface area (Å²) in [5, 5.41) is 1.96. The molecule has 0 fully saturated rings. The molecule has 4 aromatic rings. The van der Waals surface area contributed by atoms with Gasteiger partial charge in [0.25, 0.3) is 15.9 Å². The van der Waals surface area contributed by atoms with Crippen molar-refractivity contribution >= 4 is 56.4 Å². The van der Waals surface area contributed by atoms with Gasteiger partial charge >= 0.3 is 0 Å². The first-order valence-electron chi connectivity index (χ1n) is 9.80. The largest absolute Gasteiger partial charge is 0.308 e. The minimum atomic E-state index is -4.02. The average molecular weight is 501 g/mol. The highest BCUT2D eigenvalue weighted by atomic mass is 35.5. The van der Waals surface area contributed by atoms with E-state index in [-0.39, 0.29) is 5.69 Å². The molecule has 2 heterocycles. The summed E-state index contributed by atoms with van der Waals surface area (Å²) in [4.78, 5) is 21.5. The van der Waals surface area contributed by atoms with Crippen LogP contribution in [-0.2, 0) is 16.6 Å². The molecule has 0 bridgehead atoms. The van der Waals surface area contributed by atoms with E-state index in [0.717, 1.165) is 11.0 Å². The number of carbonyl (C=O) groups is 1. The Morgan fingerprint density at radius 1 is 1.06 bits per heavy atom. The molecular formula is C23H18Cl2N4O3S. The summed E-state index contributed by atoms with van der Waals surface area (Å²) in [7, 11) is -4.02. The third-order valence-corrected chi connectivity index (χ3v) is 6.38. The van der Waals surface area contributed by atoms with Gasteiger partial charge in [0.2, 0.25) is 0 Å². The van der Waals surface area contributed by atoms with E-state index in [9.17, 15) is 13.2 Å². The number of nitrogens with zero attached hydrogens (tertiary/aromatic N) is 3. The van der Waals surface area contributed by atoms with Gasteiger partial charge in [-0.05, 0) is 48.4 Å². The summed E-state index contributed by atoms with van der Waals surface area (Å²) in [5.41, 5.74) is 2.44. The lowest BCUT2D eigenvalue weighted by Gasteiger charge is -2.09. The Bertz CT molecular complexity index is 1480. The van der Waals surface area contributed by atoms with Crippen LogP contribution >= 0.6 is 23.2 Å². The molecule has 0 atom stereocenters. The monoisotopic (exact) mass is 500 g/mol. The van der Waals surface area contributed by atoms with Gasteiger partial charge in [-0.15, -0.1) is 0 Å². The third-order valence-electron chi connectivity index (χ3n) is 4.83. The van der Waals surface area contributed by atoms with Crippen LogP contribution in [0.3, 0.4) is 0 Å². The summed E-state index contributed by atoms with van der Waals surface area (Å²) in [6.45, 7) is 2.17. The number of rotatable bonds is 6. The maximum Gasteiger partial charge on any atom is 0.283 e. The number of hydrogen-bond acceptors (Lipinski definition) is 5. The Kier molecular flexibility index (Phi) is 6.51. The van der Waals surface area contributed by atoms with Crippen molar-refractivity contribution in [3.05, 3.63) is 98.8 Å². The van der Waals surface area contributed by atoms with Crippen molar-refractivity contribution < 1.29 is 13.2 Å².